The Bertz CT molecular complexity index is 1020. The molecule has 3 aliphatic rings. The van der Waals surface area contributed by atoms with Gasteiger partial charge in [-0.2, -0.15) is 8.61 Å². The number of nitrogens with zero attached hydrogens (tertiary/aromatic N) is 3. The fourth-order valence-electron chi connectivity index (χ4n) is 4.59. The highest BCUT2D eigenvalue weighted by Gasteiger charge is 2.40. The molecule has 8 nitrogen and oxygen atoms in total. The Balaban J connectivity index is 1.58. The van der Waals surface area contributed by atoms with Gasteiger partial charge < -0.3 is 4.90 Å². The third-order valence-corrected chi connectivity index (χ3v) is 9.26. The van der Waals surface area contributed by atoms with Crippen molar-refractivity contribution < 1.29 is 21.6 Å². The summed E-state index contributed by atoms with van der Waals surface area (Å²) < 4.78 is 52.7. The Hall–Kier alpha value is -1.49. The second-order valence-corrected chi connectivity index (χ2v) is 11.9. The van der Waals surface area contributed by atoms with Gasteiger partial charge in [0.25, 0.3) is 0 Å². The summed E-state index contributed by atoms with van der Waals surface area (Å²) >= 11 is 0. The fourth-order valence-corrected chi connectivity index (χ4v) is 7.27. The van der Waals surface area contributed by atoms with E-state index in [4.69, 9.17) is 0 Å². The molecule has 1 atom stereocenters. The smallest absolute Gasteiger partial charge is 0.245 e. The van der Waals surface area contributed by atoms with Gasteiger partial charge in [-0.25, -0.2) is 16.8 Å². The van der Waals surface area contributed by atoms with Crippen molar-refractivity contribution in [2.24, 2.45) is 0 Å². The zero-order valence-electron chi connectivity index (χ0n) is 16.6. The standard InChI is InChI=1S/C19H27N3O5S2/c1-28(24,25)22-12-5-6-18(22)19(23)21-13-9-15-14-16(7-8-17(15)21)29(26,27)20-10-3-2-4-11-20/h7-8,14,18H,2-6,9-13H2,1H3. The topological polar surface area (TPSA) is 95.1 Å². The van der Waals surface area contributed by atoms with E-state index >= 15 is 0 Å². The Kier molecular flexibility index (Phi) is 5.47. The lowest BCUT2D eigenvalue weighted by Crippen LogP contribution is -2.47. The van der Waals surface area contributed by atoms with E-state index in [9.17, 15) is 21.6 Å². The van der Waals surface area contributed by atoms with Crippen LogP contribution in [0.5, 0.6) is 0 Å². The van der Waals surface area contributed by atoms with E-state index in [1.807, 2.05) is 0 Å². The molecule has 0 radical (unpaired) electrons. The largest absolute Gasteiger partial charge is 0.310 e. The Morgan fingerprint density at radius 2 is 1.69 bits per heavy atom. The van der Waals surface area contributed by atoms with Crippen LogP contribution in [0, 0.1) is 0 Å². The van der Waals surface area contributed by atoms with Crippen LogP contribution >= 0.6 is 0 Å². The van der Waals surface area contributed by atoms with Crippen LogP contribution in [0.4, 0.5) is 5.69 Å². The zero-order valence-corrected chi connectivity index (χ0v) is 18.2. The third kappa shape index (κ3) is 3.83. The zero-order chi connectivity index (χ0) is 20.8. The number of rotatable bonds is 4. The summed E-state index contributed by atoms with van der Waals surface area (Å²) in [4.78, 5) is 15.0. The predicted octanol–water partition coefficient (Wildman–Crippen LogP) is 1.17. The molecule has 2 fully saturated rings. The Labute approximate surface area is 172 Å². The van der Waals surface area contributed by atoms with Crippen molar-refractivity contribution in [3.63, 3.8) is 0 Å². The number of piperidine rings is 1. The first-order valence-corrected chi connectivity index (χ1v) is 13.4. The van der Waals surface area contributed by atoms with E-state index in [2.05, 4.69) is 0 Å². The normalized spacial score (nSPS) is 24.0. The lowest BCUT2D eigenvalue weighted by Gasteiger charge is -2.27. The van der Waals surface area contributed by atoms with Crippen LogP contribution in [-0.2, 0) is 31.3 Å². The van der Waals surface area contributed by atoms with Crippen LogP contribution in [0.2, 0.25) is 0 Å². The minimum absolute atomic E-state index is 0.224. The molecule has 2 saturated heterocycles. The summed E-state index contributed by atoms with van der Waals surface area (Å²) in [5.74, 6) is -0.224. The molecule has 10 heteroatoms. The number of anilines is 1. The van der Waals surface area contributed by atoms with Crippen molar-refractivity contribution in [3.05, 3.63) is 23.8 Å². The van der Waals surface area contributed by atoms with Crippen molar-refractivity contribution in [1.82, 2.24) is 8.61 Å². The van der Waals surface area contributed by atoms with E-state index in [0.29, 0.717) is 51.1 Å². The van der Waals surface area contributed by atoms with Gasteiger partial charge in [0, 0.05) is 31.9 Å². The SMILES string of the molecule is CS(=O)(=O)N1CCCC1C(=O)N1CCc2cc(S(=O)(=O)N3CCCCC3)ccc21. The predicted molar refractivity (Wildman–Crippen MR) is 110 cm³/mol. The molecule has 0 aliphatic carbocycles. The van der Waals surface area contributed by atoms with Gasteiger partial charge in [-0.15, -0.1) is 0 Å². The number of carbonyl (C=O) groups excluding carboxylic acids is 1. The summed E-state index contributed by atoms with van der Waals surface area (Å²) in [6.45, 7) is 1.90. The minimum atomic E-state index is -3.52. The van der Waals surface area contributed by atoms with Crippen LogP contribution in [0.25, 0.3) is 0 Å². The summed E-state index contributed by atoms with van der Waals surface area (Å²) in [6.07, 6.45) is 5.69. The molecular formula is C19H27N3O5S2. The number of hydrogen-bond donors (Lipinski definition) is 0. The lowest BCUT2D eigenvalue weighted by molar-refractivity contribution is -0.121. The molecule has 29 heavy (non-hydrogen) atoms. The first-order chi connectivity index (χ1) is 13.7. The Morgan fingerprint density at radius 3 is 2.38 bits per heavy atom. The summed E-state index contributed by atoms with van der Waals surface area (Å²) in [6, 6.07) is 4.26. The van der Waals surface area contributed by atoms with Gasteiger partial charge in [0.1, 0.15) is 6.04 Å². The van der Waals surface area contributed by atoms with Gasteiger partial charge in [-0.3, -0.25) is 4.79 Å². The van der Waals surface area contributed by atoms with Gasteiger partial charge in [-0.05, 0) is 55.9 Å². The van der Waals surface area contributed by atoms with Gasteiger partial charge in [0.2, 0.25) is 26.0 Å². The number of carbonyl (C=O) groups is 1. The van der Waals surface area contributed by atoms with Crippen LogP contribution in [-0.4, -0.2) is 69.8 Å². The van der Waals surface area contributed by atoms with Crippen molar-refractivity contribution in [3.8, 4) is 0 Å². The molecule has 1 aromatic rings. The summed E-state index contributed by atoms with van der Waals surface area (Å²) in [7, 11) is -6.96. The highest BCUT2D eigenvalue weighted by Crippen LogP contribution is 2.34. The average molecular weight is 442 g/mol. The average Bonchev–Trinajstić information content (AvgIpc) is 3.35. The van der Waals surface area contributed by atoms with E-state index in [-0.39, 0.29) is 10.8 Å². The second kappa shape index (κ2) is 7.64. The number of benzene rings is 1. The summed E-state index contributed by atoms with van der Waals surface area (Å²) in [5.41, 5.74) is 1.51. The maximum atomic E-state index is 13.1. The minimum Gasteiger partial charge on any atom is -0.310 e. The molecular weight excluding hydrogens is 414 g/mol. The number of sulfonamides is 2. The molecule has 1 unspecified atom stereocenters. The third-order valence-electron chi connectivity index (χ3n) is 6.08. The second-order valence-electron chi connectivity index (χ2n) is 8.03. The van der Waals surface area contributed by atoms with Crippen molar-refractivity contribution in [2.45, 2.75) is 49.5 Å². The Morgan fingerprint density at radius 1 is 0.966 bits per heavy atom. The molecule has 4 rings (SSSR count). The van der Waals surface area contributed by atoms with Crippen LogP contribution in [0.3, 0.4) is 0 Å². The number of amides is 1. The molecule has 1 aromatic carbocycles. The van der Waals surface area contributed by atoms with Gasteiger partial charge in [0.05, 0.1) is 11.2 Å². The van der Waals surface area contributed by atoms with Crippen LogP contribution in [0.15, 0.2) is 23.1 Å². The maximum absolute atomic E-state index is 13.1. The van der Waals surface area contributed by atoms with Crippen molar-refractivity contribution >= 4 is 31.6 Å². The first-order valence-electron chi connectivity index (χ1n) is 10.1. The molecule has 3 aliphatic heterocycles. The van der Waals surface area contributed by atoms with Crippen LogP contribution in [0.1, 0.15) is 37.7 Å². The maximum Gasteiger partial charge on any atom is 0.245 e. The first kappa shape index (κ1) is 20.8. The number of hydrogen-bond acceptors (Lipinski definition) is 5. The molecule has 0 spiro atoms. The summed E-state index contributed by atoms with van der Waals surface area (Å²) in [5, 5.41) is 0. The van der Waals surface area contributed by atoms with Gasteiger partial charge in [-0.1, -0.05) is 6.42 Å². The van der Waals surface area contributed by atoms with E-state index in [1.165, 1.54) is 4.31 Å². The van der Waals surface area contributed by atoms with E-state index < -0.39 is 26.1 Å². The quantitative estimate of drug-likeness (QED) is 0.699. The lowest BCUT2D eigenvalue weighted by atomic mass is 10.1. The number of fused-ring (bicyclic) bond motifs is 1. The molecule has 0 N–H and O–H groups in total. The molecule has 0 bridgehead atoms. The highest BCUT2D eigenvalue weighted by molar-refractivity contribution is 7.89. The van der Waals surface area contributed by atoms with Gasteiger partial charge in [0.15, 0.2) is 0 Å². The van der Waals surface area contributed by atoms with Crippen LogP contribution < -0.4 is 4.90 Å². The molecule has 160 valence electrons. The van der Waals surface area contributed by atoms with E-state index in [0.717, 1.165) is 31.1 Å². The van der Waals surface area contributed by atoms with Crippen molar-refractivity contribution in [1.29, 1.82) is 0 Å². The van der Waals surface area contributed by atoms with E-state index in [1.54, 1.807) is 27.4 Å². The molecule has 3 heterocycles. The molecule has 1 amide bonds. The fraction of sp³-hybridized carbons (Fsp3) is 0.632. The van der Waals surface area contributed by atoms with Crippen molar-refractivity contribution in [2.75, 3.05) is 37.3 Å². The highest BCUT2D eigenvalue weighted by atomic mass is 32.2. The molecule has 0 aromatic heterocycles. The molecule has 0 saturated carbocycles. The van der Waals surface area contributed by atoms with Gasteiger partial charge >= 0.3 is 0 Å². The monoisotopic (exact) mass is 441 g/mol.